The van der Waals surface area contributed by atoms with E-state index >= 15 is 0 Å². The summed E-state index contributed by atoms with van der Waals surface area (Å²) in [5.74, 6) is -0.0271. The second-order valence-electron chi connectivity index (χ2n) is 3.10. The molecule has 2 unspecified atom stereocenters. The van der Waals surface area contributed by atoms with E-state index in [0.29, 0.717) is 13.1 Å². The van der Waals surface area contributed by atoms with E-state index in [2.05, 4.69) is 10.6 Å². The quantitative estimate of drug-likeness (QED) is 0.525. The van der Waals surface area contributed by atoms with Gasteiger partial charge in [-0.2, -0.15) is 0 Å². The SMILES string of the molecule is CC(=O)NCC(C)NCC(C)O. The Hall–Kier alpha value is -0.610. The minimum atomic E-state index is -0.343. The second kappa shape index (κ2) is 5.97. The molecule has 0 spiro atoms. The molecule has 0 saturated carbocycles. The summed E-state index contributed by atoms with van der Waals surface area (Å²) >= 11 is 0. The Bertz CT molecular complexity index is 137. The zero-order valence-electron chi connectivity index (χ0n) is 7.92. The molecule has 12 heavy (non-hydrogen) atoms. The molecule has 4 heteroatoms. The first-order valence-corrected chi connectivity index (χ1v) is 4.18. The highest BCUT2D eigenvalue weighted by atomic mass is 16.3. The molecular weight excluding hydrogens is 156 g/mol. The number of amides is 1. The van der Waals surface area contributed by atoms with Crippen molar-refractivity contribution in [2.24, 2.45) is 0 Å². The van der Waals surface area contributed by atoms with Crippen molar-refractivity contribution in [3.8, 4) is 0 Å². The minimum Gasteiger partial charge on any atom is -0.392 e. The van der Waals surface area contributed by atoms with E-state index in [9.17, 15) is 4.79 Å². The van der Waals surface area contributed by atoms with Crippen LogP contribution in [0.4, 0.5) is 0 Å². The number of aliphatic hydroxyl groups is 1. The van der Waals surface area contributed by atoms with Crippen molar-refractivity contribution in [3.63, 3.8) is 0 Å². The molecule has 0 aromatic rings. The van der Waals surface area contributed by atoms with E-state index in [0.717, 1.165) is 0 Å². The van der Waals surface area contributed by atoms with E-state index in [-0.39, 0.29) is 18.1 Å². The van der Waals surface area contributed by atoms with Gasteiger partial charge in [0.1, 0.15) is 0 Å². The number of rotatable bonds is 5. The fourth-order valence-electron chi connectivity index (χ4n) is 0.741. The maximum Gasteiger partial charge on any atom is 0.216 e. The number of carbonyl (C=O) groups excluding carboxylic acids is 1. The normalized spacial score (nSPS) is 15.3. The van der Waals surface area contributed by atoms with Gasteiger partial charge in [-0.05, 0) is 13.8 Å². The average molecular weight is 174 g/mol. The lowest BCUT2D eigenvalue weighted by Gasteiger charge is -2.14. The first kappa shape index (κ1) is 11.4. The number of carbonyl (C=O) groups is 1. The summed E-state index contributed by atoms with van der Waals surface area (Å²) in [5, 5.41) is 14.7. The van der Waals surface area contributed by atoms with Crippen molar-refractivity contribution in [2.45, 2.75) is 32.9 Å². The minimum absolute atomic E-state index is 0.0271. The lowest BCUT2D eigenvalue weighted by Crippen LogP contribution is -2.40. The molecule has 0 bridgehead atoms. The van der Waals surface area contributed by atoms with Gasteiger partial charge in [-0.1, -0.05) is 0 Å². The monoisotopic (exact) mass is 174 g/mol. The van der Waals surface area contributed by atoms with E-state index in [1.54, 1.807) is 6.92 Å². The van der Waals surface area contributed by atoms with Gasteiger partial charge < -0.3 is 15.7 Å². The van der Waals surface area contributed by atoms with Gasteiger partial charge in [-0.3, -0.25) is 4.79 Å². The maximum absolute atomic E-state index is 10.5. The summed E-state index contributed by atoms with van der Waals surface area (Å²) in [7, 11) is 0. The van der Waals surface area contributed by atoms with Crippen LogP contribution < -0.4 is 10.6 Å². The van der Waals surface area contributed by atoms with Crippen molar-refractivity contribution in [2.75, 3.05) is 13.1 Å². The maximum atomic E-state index is 10.5. The number of hydrogen-bond acceptors (Lipinski definition) is 3. The van der Waals surface area contributed by atoms with Crippen molar-refractivity contribution in [3.05, 3.63) is 0 Å². The van der Waals surface area contributed by atoms with Gasteiger partial charge in [0.15, 0.2) is 0 Å². The van der Waals surface area contributed by atoms with Crippen LogP contribution in [0.25, 0.3) is 0 Å². The van der Waals surface area contributed by atoms with Crippen molar-refractivity contribution in [1.29, 1.82) is 0 Å². The molecule has 3 N–H and O–H groups in total. The Balaban J connectivity index is 3.33. The Labute approximate surface area is 73.3 Å². The molecule has 2 atom stereocenters. The molecule has 0 aromatic carbocycles. The molecule has 0 aliphatic carbocycles. The number of nitrogens with one attached hydrogen (secondary N) is 2. The van der Waals surface area contributed by atoms with E-state index < -0.39 is 0 Å². The molecule has 1 amide bonds. The second-order valence-corrected chi connectivity index (χ2v) is 3.10. The summed E-state index contributed by atoms with van der Waals surface area (Å²) in [6.45, 7) is 6.32. The molecule has 72 valence electrons. The van der Waals surface area contributed by atoms with Gasteiger partial charge in [0.05, 0.1) is 6.10 Å². The van der Waals surface area contributed by atoms with E-state index in [1.165, 1.54) is 6.92 Å². The van der Waals surface area contributed by atoms with Gasteiger partial charge in [0.2, 0.25) is 5.91 Å². The number of hydrogen-bond donors (Lipinski definition) is 3. The molecule has 0 saturated heterocycles. The molecule has 0 rings (SSSR count). The van der Waals surface area contributed by atoms with Crippen LogP contribution in [0, 0.1) is 0 Å². The van der Waals surface area contributed by atoms with Gasteiger partial charge in [-0.15, -0.1) is 0 Å². The summed E-state index contributed by atoms with van der Waals surface area (Å²) in [4.78, 5) is 10.5. The van der Waals surface area contributed by atoms with Crippen LogP contribution in [0.5, 0.6) is 0 Å². The van der Waals surface area contributed by atoms with Crippen LogP contribution in [-0.2, 0) is 4.79 Å². The molecule has 0 aliphatic rings. The topological polar surface area (TPSA) is 61.4 Å². The van der Waals surface area contributed by atoms with Crippen LogP contribution >= 0.6 is 0 Å². The average Bonchev–Trinajstić information content (AvgIpc) is 1.96. The zero-order chi connectivity index (χ0) is 9.56. The largest absolute Gasteiger partial charge is 0.392 e. The molecule has 0 aliphatic heterocycles. The molecule has 0 fully saturated rings. The standard InChI is InChI=1S/C8H18N2O2/c1-6(4-10-8(3)12)9-5-7(2)11/h6-7,9,11H,4-5H2,1-3H3,(H,10,12). The van der Waals surface area contributed by atoms with Crippen LogP contribution in [0.1, 0.15) is 20.8 Å². The summed E-state index contributed by atoms with van der Waals surface area (Å²) in [6, 6.07) is 0.198. The number of aliphatic hydroxyl groups excluding tert-OH is 1. The van der Waals surface area contributed by atoms with Crippen LogP contribution in [-0.4, -0.2) is 36.2 Å². The smallest absolute Gasteiger partial charge is 0.216 e. The molecule has 4 nitrogen and oxygen atoms in total. The third-order valence-corrected chi connectivity index (χ3v) is 1.42. The van der Waals surface area contributed by atoms with Crippen molar-refractivity contribution in [1.82, 2.24) is 10.6 Å². The van der Waals surface area contributed by atoms with Gasteiger partial charge in [0, 0.05) is 26.1 Å². The molecule has 0 heterocycles. The highest BCUT2D eigenvalue weighted by Gasteiger charge is 2.02. The zero-order valence-corrected chi connectivity index (χ0v) is 7.92. The molecular formula is C8H18N2O2. The third-order valence-electron chi connectivity index (χ3n) is 1.42. The van der Waals surface area contributed by atoms with Gasteiger partial charge in [0.25, 0.3) is 0 Å². The predicted octanol–water partition coefficient (Wildman–Crippen LogP) is -0.519. The highest BCUT2D eigenvalue weighted by molar-refractivity contribution is 5.72. The fourth-order valence-corrected chi connectivity index (χ4v) is 0.741. The van der Waals surface area contributed by atoms with Gasteiger partial charge in [-0.25, -0.2) is 0 Å². The lowest BCUT2D eigenvalue weighted by molar-refractivity contribution is -0.119. The summed E-state index contributed by atoms with van der Waals surface area (Å²) in [6.07, 6.45) is -0.343. The van der Waals surface area contributed by atoms with Crippen LogP contribution in [0.2, 0.25) is 0 Å². The third kappa shape index (κ3) is 7.50. The first-order valence-electron chi connectivity index (χ1n) is 4.18. The van der Waals surface area contributed by atoms with Crippen LogP contribution in [0.15, 0.2) is 0 Å². The Morgan fingerprint density at radius 2 is 2.00 bits per heavy atom. The summed E-state index contributed by atoms with van der Waals surface area (Å²) in [5.41, 5.74) is 0. The predicted molar refractivity (Wildman–Crippen MR) is 47.8 cm³/mol. The van der Waals surface area contributed by atoms with Gasteiger partial charge >= 0.3 is 0 Å². The Morgan fingerprint density at radius 1 is 1.42 bits per heavy atom. The fraction of sp³-hybridized carbons (Fsp3) is 0.875. The molecule has 0 aromatic heterocycles. The van der Waals surface area contributed by atoms with Crippen molar-refractivity contribution >= 4 is 5.91 Å². The Kier molecular flexibility index (Phi) is 5.66. The van der Waals surface area contributed by atoms with E-state index in [4.69, 9.17) is 5.11 Å². The first-order chi connectivity index (χ1) is 5.52. The Morgan fingerprint density at radius 3 is 2.42 bits per heavy atom. The van der Waals surface area contributed by atoms with Crippen molar-refractivity contribution < 1.29 is 9.90 Å². The molecule has 0 radical (unpaired) electrons. The van der Waals surface area contributed by atoms with E-state index in [1.807, 2.05) is 6.92 Å². The summed E-state index contributed by atoms with van der Waals surface area (Å²) < 4.78 is 0. The van der Waals surface area contributed by atoms with Crippen LogP contribution in [0.3, 0.4) is 0 Å². The lowest BCUT2D eigenvalue weighted by atomic mass is 10.3. The highest BCUT2D eigenvalue weighted by Crippen LogP contribution is 1.81.